The molecule has 11 rings (SSSR count). The number of rotatable bonds is 4. The second-order valence-corrected chi connectivity index (χ2v) is 15.4. The van der Waals surface area contributed by atoms with Crippen LogP contribution >= 0.6 is 22.7 Å². The zero-order chi connectivity index (χ0) is 34.2. The van der Waals surface area contributed by atoms with Crippen molar-refractivity contribution in [3.63, 3.8) is 0 Å². The summed E-state index contributed by atoms with van der Waals surface area (Å²) >= 11 is 3.57. The van der Waals surface area contributed by atoms with Gasteiger partial charge in [0.05, 0.1) is 11.9 Å². The van der Waals surface area contributed by atoms with E-state index in [0.717, 1.165) is 27.0 Å². The fourth-order valence-electron chi connectivity index (χ4n) is 7.83. The first kappa shape index (κ1) is 29.5. The van der Waals surface area contributed by atoms with Crippen molar-refractivity contribution >= 4 is 84.8 Å². The Hall–Kier alpha value is -6.20. The van der Waals surface area contributed by atoms with E-state index >= 15 is 0 Å². The quantitative estimate of drug-likeness (QED) is 0.171. The molecular formula is C48H28N2S2. The Kier molecular flexibility index (Phi) is 6.63. The average Bonchev–Trinajstić information content (AvgIpc) is 3.78. The highest BCUT2D eigenvalue weighted by Crippen LogP contribution is 2.42. The van der Waals surface area contributed by atoms with Gasteiger partial charge in [0.25, 0.3) is 0 Å². The summed E-state index contributed by atoms with van der Waals surface area (Å²) in [5.41, 5.74) is 10.2. The number of benzene rings is 8. The second kappa shape index (κ2) is 11.7. The highest BCUT2D eigenvalue weighted by atomic mass is 32.1. The standard InChI is InChI=1S/C48H28N2S2/c1-2-15-35-33(10-1)27-41(38-17-4-3-16-37(35)38)32-13-7-11-29(24-32)30-22-23-45-42(26-30)46-48(52-45)49-28-43(50-46)34-14-8-12-31(25-34)36-19-9-20-40-39-18-5-6-21-44(39)51-47(36)40/h1-28H. The van der Waals surface area contributed by atoms with Crippen LogP contribution in [0.15, 0.2) is 170 Å². The first-order valence-corrected chi connectivity index (χ1v) is 19.1. The Morgan fingerprint density at radius 1 is 0.385 bits per heavy atom. The molecule has 3 aromatic heterocycles. The van der Waals surface area contributed by atoms with Gasteiger partial charge in [-0.15, -0.1) is 22.7 Å². The molecular weight excluding hydrogens is 669 g/mol. The van der Waals surface area contributed by atoms with E-state index in [-0.39, 0.29) is 0 Å². The number of aromatic nitrogens is 2. The van der Waals surface area contributed by atoms with E-state index in [0.29, 0.717) is 0 Å². The van der Waals surface area contributed by atoms with Crippen molar-refractivity contribution in [2.75, 3.05) is 0 Å². The van der Waals surface area contributed by atoms with Gasteiger partial charge in [0.1, 0.15) is 10.3 Å². The SMILES string of the molecule is c1cc(-c2ccc3sc4ncc(-c5cccc(-c6cccc7c6sc6ccccc67)c5)nc4c3c2)cc(-c2cc3ccccc3c3ccccc23)c1. The topological polar surface area (TPSA) is 25.8 Å². The number of hydrogen-bond acceptors (Lipinski definition) is 4. The third kappa shape index (κ3) is 4.69. The highest BCUT2D eigenvalue weighted by molar-refractivity contribution is 7.26. The second-order valence-electron chi connectivity index (χ2n) is 13.4. The molecule has 8 aromatic carbocycles. The molecule has 0 bridgehead atoms. The van der Waals surface area contributed by atoms with Crippen LogP contribution in [-0.4, -0.2) is 9.97 Å². The fourth-order valence-corrected chi connectivity index (χ4v) is 10.0. The van der Waals surface area contributed by atoms with Gasteiger partial charge in [-0.25, -0.2) is 9.97 Å². The third-order valence-corrected chi connectivity index (χ3v) is 12.6. The molecule has 0 N–H and O–H groups in total. The summed E-state index contributed by atoms with van der Waals surface area (Å²) in [6.45, 7) is 0. The van der Waals surface area contributed by atoms with E-state index in [2.05, 4.69) is 164 Å². The van der Waals surface area contributed by atoms with Gasteiger partial charge in [0, 0.05) is 35.8 Å². The molecule has 0 amide bonds. The summed E-state index contributed by atoms with van der Waals surface area (Å²) in [5.74, 6) is 0. The van der Waals surface area contributed by atoms with Crippen molar-refractivity contribution in [1.29, 1.82) is 0 Å². The summed E-state index contributed by atoms with van der Waals surface area (Å²) in [5, 5.41) is 8.85. The number of nitrogens with zero attached hydrogens (tertiary/aromatic N) is 2. The molecule has 0 atom stereocenters. The van der Waals surface area contributed by atoms with E-state index in [4.69, 9.17) is 9.97 Å². The molecule has 0 aliphatic rings. The molecule has 242 valence electrons. The lowest BCUT2D eigenvalue weighted by Crippen LogP contribution is -1.88. The highest BCUT2D eigenvalue weighted by Gasteiger charge is 2.15. The summed E-state index contributed by atoms with van der Waals surface area (Å²) in [4.78, 5) is 11.2. The summed E-state index contributed by atoms with van der Waals surface area (Å²) < 4.78 is 3.82. The molecule has 52 heavy (non-hydrogen) atoms. The van der Waals surface area contributed by atoms with Crippen LogP contribution in [0.25, 0.3) is 107 Å². The maximum atomic E-state index is 5.28. The minimum atomic E-state index is 0.883. The molecule has 0 aliphatic carbocycles. The minimum Gasteiger partial charge on any atom is -0.243 e. The first-order valence-electron chi connectivity index (χ1n) is 17.5. The smallest absolute Gasteiger partial charge is 0.143 e. The zero-order valence-electron chi connectivity index (χ0n) is 27.9. The van der Waals surface area contributed by atoms with Crippen molar-refractivity contribution < 1.29 is 0 Å². The van der Waals surface area contributed by atoms with Crippen LogP contribution in [0.1, 0.15) is 0 Å². The molecule has 11 aromatic rings. The summed E-state index contributed by atoms with van der Waals surface area (Å²) in [6, 6.07) is 59.5. The molecule has 3 heterocycles. The van der Waals surface area contributed by atoms with Gasteiger partial charge in [0.2, 0.25) is 0 Å². The molecule has 0 saturated heterocycles. The first-order chi connectivity index (χ1) is 25.7. The van der Waals surface area contributed by atoms with E-state index in [1.54, 1.807) is 11.3 Å². The lowest BCUT2D eigenvalue weighted by molar-refractivity contribution is 1.32. The zero-order valence-corrected chi connectivity index (χ0v) is 29.5. The molecule has 4 heteroatoms. The molecule has 0 unspecified atom stereocenters. The van der Waals surface area contributed by atoms with Gasteiger partial charge in [-0.2, -0.15) is 0 Å². The Bertz CT molecular complexity index is 3200. The summed E-state index contributed by atoms with van der Waals surface area (Å²) in [6.07, 6.45) is 1.93. The van der Waals surface area contributed by atoms with Crippen LogP contribution in [0.5, 0.6) is 0 Å². The van der Waals surface area contributed by atoms with Gasteiger partial charge in [-0.3, -0.25) is 0 Å². The summed E-state index contributed by atoms with van der Waals surface area (Å²) in [7, 11) is 0. The average molecular weight is 697 g/mol. The predicted molar refractivity (Wildman–Crippen MR) is 225 cm³/mol. The Morgan fingerprint density at radius 3 is 1.94 bits per heavy atom. The minimum absolute atomic E-state index is 0.883. The van der Waals surface area contributed by atoms with Gasteiger partial charge < -0.3 is 0 Å². The Morgan fingerprint density at radius 2 is 1.04 bits per heavy atom. The fraction of sp³-hybridized carbons (Fsp3) is 0. The maximum absolute atomic E-state index is 5.28. The molecule has 0 fully saturated rings. The van der Waals surface area contributed by atoms with Crippen LogP contribution < -0.4 is 0 Å². The van der Waals surface area contributed by atoms with Crippen LogP contribution in [-0.2, 0) is 0 Å². The van der Waals surface area contributed by atoms with Crippen molar-refractivity contribution in [2.24, 2.45) is 0 Å². The normalized spacial score (nSPS) is 11.8. The van der Waals surface area contributed by atoms with Crippen LogP contribution in [0.4, 0.5) is 0 Å². The largest absolute Gasteiger partial charge is 0.243 e. The van der Waals surface area contributed by atoms with Gasteiger partial charge in [0.15, 0.2) is 0 Å². The predicted octanol–water partition coefficient (Wildman–Crippen LogP) is 14.2. The van der Waals surface area contributed by atoms with Crippen LogP contribution in [0.2, 0.25) is 0 Å². The van der Waals surface area contributed by atoms with E-state index in [1.807, 2.05) is 17.5 Å². The molecule has 0 radical (unpaired) electrons. The Labute approximate surface area is 307 Å². The van der Waals surface area contributed by atoms with Crippen molar-refractivity contribution in [2.45, 2.75) is 0 Å². The van der Waals surface area contributed by atoms with E-state index in [9.17, 15) is 0 Å². The van der Waals surface area contributed by atoms with Crippen LogP contribution in [0.3, 0.4) is 0 Å². The third-order valence-electron chi connectivity index (χ3n) is 10.3. The number of thiophene rings is 2. The molecule has 0 saturated carbocycles. The monoisotopic (exact) mass is 696 g/mol. The van der Waals surface area contributed by atoms with E-state index < -0.39 is 0 Å². The van der Waals surface area contributed by atoms with Gasteiger partial charge >= 0.3 is 0 Å². The number of fused-ring (bicyclic) bond motifs is 9. The van der Waals surface area contributed by atoms with Gasteiger partial charge in [-0.1, -0.05) is 127 Å². The van der Waals surface area contributed by atoms with E-state index in [1.165, 1.54) is 79.8 Å². The lowest BCUT2D eigenvalue weighted by atomic mass is 9.92. The van der Waals surface area contributed by atoms with Gasteiger partial charge in [-0.05, 0) is 91.3 Å². The molecule has 2 nitrogen and oxygen atoms in total. The Balaban J connectivity index is 1.00. The molecule has 0 spiro atoms. The molecule has 0 aliphatic heterocycles. The van der Waals surface area contributed by atoms with Crippen LogP contribution in [0, 0.1) is 0 Å². The maximum Gasteiger partial charge on any atom is 0.143 e. The lowest BCUT2D eigenvalue weighted by Gasteiger charge is -2.12. The number of hydrogen-bond donors (Lipinski definition) is 0. The van der Waals surface area contributed by atoms with Crippen molar-refractivity contribution in [1.82, 2.24) is 9.97 Å². The van der Waals surface area contributed by atoms with Crippen molar-refractivity contribution in [3.8, 4) is 44.6 Å². The van der Waals surface area contributed by atoms with Crippen molar-refractivity contribution in [3.05, 3.63) is 170 Å².